The van der Waals surface area contributed by atoms with Crippen molar-refractivity contribution in [3.63, 3.8) is 0 Å². The van der Waals surface area contributed by atoms with Crippen LogP contribution in [0.25, 0.3) is 0 Å². The van der Waals surface area contributed by atoms with E-state index in [1.54, 1.807) is 0 Å². The first-order chi connectivity index (χ1) is 8.31. The lowest BCUT2D eigenvalue weighted by atomic mass is 10.2. The van der Waals surface area contributed by atoms with Gasteiger partial charge in [-0.15, -0.1) is 0 Å². The Morgan fingerprint density at radius 3 is 3.18 bits per heavy atom. The molecule has 0 aromatic heterocycles. The second kappa shape index (κ2) is 5.52. The summed E-state index contributed by atoms with van der Waals surface area (Å²) < 4.78 is 17.4. The highest BCUT2D eigenvalue weighted by molar-refractivity contribution is 5.83. The summed E-state index contributed by atoms with van der Waals surface area (Å²) in [6.07, 6.45) is -0.216. The average Bonchev–Trinajstić information content (AvgIpc) is 2.38. The number of nitrogens with one attached hydrogen (secondary N) is 2. The molecule has 1 aliphatic heterocycles. The van der Waals surface area contributed by atoms with Gasteiger partial charge in [0.05, 0.1) is 18.9 Å². The number of amides is 1. The van der Waals surface area contributed by atoms with Crippen LogP contribution in [0.4, 0.5) is 10.1 Å². The zero-order valence-electron chi connectivity index (χ0n) is 9.41. The largest absolute Gasteiger partial charge is 0.477 e. The van der Waals surface area contributed by atoms with Crippen LogP contribution >= 0.6 is 0 Å². The molecule has 1 heterocycles. The first-order valence-corrected chi connectivity index (χ1v) is 5.64. The van der Waals surface area contributed by atoms with Crippen molar-refractivity contribution in [2.75, 3.05) is 25.1 Å². The molecule has 2 rings (SSSR count). The Morgan fingerprint density at radius 2 is 2.35 bits per heavy atom. The van der Waals surface area contributed by atoms with Crippen LogP contribution in [0.2, 0.25) is 0 Å². The molecule has 1 amide bonds. The van der Waals surface area contributed by atoms with E-state index in [4.69, 9.17) is 4.74 Å². The van der Waals surface area contributed by atoms with E-state index in [0.717, 1.165) is 5.69 Å². The number of halogens is 1. The fourth-order valence-electron chi connectivity index (χ4n) is 1.65. The Kier molecular flexibility index (Phi) is 3.80. The molecule has 17 heavy (non-hydrogen) atoms. The van der Waals surface area contributed by atoms with E-state index in [1.807, 2.05) is 24.3 Å². The molecule has 1 aliphatic rings. The zero-order chi connectivity index (χ0) is 12.1. The van der Waals surface area contributed by atoms with Crippen LogP contribution in [-0.4, -0.2) is 31.8 Å². The van der Waals surface area contributed by atoms with Crippen molar-refractivity contribution in [3.8, 4) is 5.75 Å². The number of hydrogen-bond acceptors (Lipinski definition) is 3. The third kappa shape index (κ3) is 2.87. The van der Waals surface area contributed by atoms with Gasteiger partial charge in [0, 0.05) is 6.54 Å². The molecule has 1 aromatic carbocycles. The lowest BCUT2D eigenvalue weighted by Crippen LogP contribution is -2.45. The second-order valence-electron chi connectivity index (χ2n) is 3.82. The minimum Gasteiger partial charge on any atom is -0.477 e. The number of anilines is 1. The number of para-hydroxylation sites is 2. The van der Waals surface area contributed by atoms with Gasteiger partial charge in [0.1, 0.15) is 5.75 Å². The molecule has 92 valence electrons. The number of benzene rings is 1. The Morgan fingerprint density at radius 1 is 1.53 bits per heavy atom. The van der Waals surface area contributed by atoms with Gasteiger partial charge >= 0.3 is 0 Å². The molecule has 0 spiro atoms. The molecule has 1 aromatic rings. The fourth-order valence-corrected chi connectivity index (χ4v) is 1.65. The van der Waals surface area contributed by atoms with Crippen molar-refractivity contribution >= 4 is 11.6 Å². The first-order valence-electron chi connectivity index (χ1n) is 5.64. The van der Waals surface area contributed by atoms with Gasteiger partial charge in [-0.3, -0.25) is 9.18 Å². The van der Waals surface area contributed by atoms with Gasteiger partial charge in [-0.05, 0) is 18.6 Å². The number of carbonyl (C=O) groups is 1. The predicted octanol–water partition coefficient (Wildman–Crippen LogP) is 1.34. The van der Waals surface area contributed by atoms with Crippen LogP contribution in [0.1, 0.15) is 6.42 Å². The minimum atomic E-state index is -0.551. The summed E-state index contributed by atoms with van der Waals surface area (Å²) in [6, 6.07) is 7.45. The Balaban J connectivity index is 1.91. The van der Waals surface area contributed by atoms with Crippen LogP contribution < -0.4 is 15.4 Å². The molecule has 4 nitrogen and oxygen atoms in total. The number of hydrogen-bond donors (Lipinski definition) is 2. The predicted molar refractivity (Wildman–Crippen MR) is 62.9 cm³/mol. The minimum absolute atomic E-state index is 0.208. The molecule has 0 saturated heterocycles. The van der Waals surface area contributed by atoms with Crippen LogP contribution in [0.15, 0.2) is 24.3 Å². The molecular weight excluding hydrogens is 223 g/mol. The Labute approximate surface area is 99.2 Å². The monoisotopic (exact) mass is 238 g/mol. The molecule has 0 fully saturated rings. The second-order valence-corrected chi connectivity index (χ2v) is 3.82. The summed E-state index contributed by atoms with van der Waals surface area (Å²) in [5, 5.41) is 5.76. The van der Waals surface area contributed by atoms with Crippen LogP contribution in [0, 0.1) is 0 Å². The average molecular weight is 238 g/mol. The van der Waals surface area contributed by atoms with E-state index in [2.05, 4.69) is 10.6 Å². The molecular formula is C12H15FN2O2. The molecule has 0 bridgehead atoms. The summed E-state index contributed by atoms with van der Waals surface area (Å²) in [4.78, 5) is 11.7. The highest BCUT2D eigenvalue weighted by Gasteiger charge is 2.24. The fraction of sp³-hybridized carbons (Fsp3) is 0.417. The molecule has 0 aliphatic carbocycles. The van der Waals surface area contributed by atoms with Gasteiger partial charge in [-0.2, -0.15) is 0 Å². The number of rotatable bonds is 4. The van der Waals surface area contributed by atoms with Gasteiger partial charge in [-0.1, -0.05) is 12.1 Å². The van der Waals surface area contributed by atoms with Crippen molar-refractivity contribution in [3.05, 3.63) is 24.3 Å². The highest BCUT2D eigenvalue weighted by atomic mass is 19.1. The molecule has 0 radical (unpaired) electrons. The quantitative estimate of drug-likeness (QED) is 0.778. The van der Waals surface area contributed by atoms with Gasteiger partial charge < -0.3 is 15.4 Å². The third-order valence-electron chi connectivity index (χ3n) is 2.54. The number of ether oxygens (including phenoxy) is 1. The zero-order valence-corrected chi connectivity index (χ0v) is 9.41. The summed E-state index contributed by atoms with van der Waals surface area (Å²) >= 11 is 0. The smallest absolute Gasteiger partial charge is 0.262 e. The van der Waals surface area contributed by atoms with Crippen LogP contribution in [-0.2, 0) is 4.79 Å². The summed E-state index contributed by atoms with van der Waals surface area (Å²) in [5.41, 5.74) is 0.889. The van der Waals surface area contributed by atoms with Crippen molar-refractivity contribution in [2.24, 2.45) is 0 Å². The SMILES string of the molecule is O=C(NCCCF)C1CNc2ccccc2O1. The summed E-state index contributed by atoms with van der Waals surface area (Å²) in [6.45, 7) is 0.349. The molecule has 5 heteroatoms. The standard InChI is InChI=1S/C12H15FN2O2/c13-6-3-7-14-12(16)11-8-15-9-4-1-2-5-10(9)17-11/h1-2,4-5,11,15H,3,6-8H2,(H,14,16). The Bertz CT molecular complexity index is 398. The van der Waals surface area contributed by atoms with E-state index < -0.39 is 12.8 Å². The topological polar surface area (TPSA) is 50.4 Å². The third-order valence-corrected chi connectivity index (χ3v) is 2.54. The van der Waals surface area contributed by atoms with Gasteiger partial charge in [0.2, 0.25) is 0 Å². The van der Waals surface area contributed by atoms with Gasteiger partial charge in [-0.25, -0.2) is 0 Å². The normalized spacial score (nSPS) is 17.6. The molecule has 0 saturated carbocycles. The van der Waals surface area contributed by atoms with Crippen molar-refractivity contribution < 1.29 is 13.9 Å². The van der Waals surface area contributed by atoms with E-state index in [1.165, 1.54) is 0 Å². The van der Waals surface area contributed by atoms with Crippen LogP contribution in [0.5, 0.6) is 5.75 Å². The van der Waals surface area contributed by atoms with Gasteiger partial charge in [0.25, 0.3) is 5.91 Å². The molecule has 1 atom stereocenters. The first kappa shape index (κ1) is 11.7. The number of fused-ring (bicyclic) bond motifs is 1. The maximum absolute atomic E-state index is 11.9. The maximum atomic E-state index is 11.9. The van der Waals surface area contributed by atoms with E-state index in [-0.39, 0.29) is 5.91 Å². The van der Waals surface area contributed by atoms with E-state index in [9.17, 15) is 9.18 Å². The number of carbonyl (C=O) groups excluding carboxylic acids is 1. The van der Waals surface area contributed by atoms with E-state index in [0.29, 0.717) is 25.3 Å². The highest BCUT2D eigenvalue weighted by Crippen LogP contribution is 2.27. The number of alkyl halides is 1. The molecule has 1 unspecified atom stereocenters. The van der Waals surface area contributed by atoms with Crippen LogP contribution in [0.3, 0.4) is 0 Å². The summed E-state index contributed by atoms with van der Waals surface area (Å²) in [5.74, 6) is 0.463. The van der Waals surface area contributed by atoms with Gasteiger partial charge in [0.15, 0.2) is 6.10 Å². The molecule has 2 N–H and O–H groups in total. The lowest BCUT2D eigenvalue weighted by molar-refractivity contribution is -0.127. The summed E-state index contributed by atoms with van der Waals surface area (Å²) in [7, 11) is 0. The van der Waals surface area contributed by atoms with Crippen molar-refractivity contribution in [2.45, 2.75) is 12.5 Å². The lowest BCUT2D eigenvalue weighted by Gasteiger charge is -2.26. The van der Waals surface area contributed by atoms with Crippen molar-refractivity contribution in [1.82, 2.24) is 5.32 Å². The van der Waals surface area contributed by atoms with E-state index >= 15 is 0 Å². The Hall–Kier alpha value is -1.78. The maximum Gasteiger partial charge on any atom is 0.262 e. The van der Waals surface area contributed by atoms with Crippen molar-refractivity contribution in [1.29, 1.82) is 0 Å².